The summed E-state index contributed by atoms with van der Waals surface area (Å²) in [5.74, 6) is -0.00435. The van der Waals surface area contributed by atoms with Crippen LogP contribution in [-0.4, -0.2) is 48.3 Å². The molecule has 0 aliphatic carbocycles. The van der Waals surface area contributed by atoms with E-state index in [2.05, 4.69) is 5.32 Å². The van der Waals surface area contributed by atoms with Gasteiger partial charge in [0.25, 0.3) is 11.8 Å². The molecule has 28 heavy (non-hydrogen) atoms. The minimum absolute atomic E-state index is 0.140. The Kier molecular flexibility index (Phi) is 4.58. The molecule has 0 bridgehead atoms. The highest BCUT2D eigenvalue weighted by atomic mass is 19.1. The van der Waals surface area contributed by atoms with Crippen LogP contribution in [-0.2, 0) is 4.79 Å². The highest BCUT2D eigenvalue weighted by Gasteiger charge is 2.42. The van der Waals surface area contributed by atoms with Crippen LogP contribution in [0.3, 0.4) is 0 Å². The lowest BCUT2D eigenvalue weighted by Crippen LogP contribution is -2.52. The number of carbonyl (C=O) groups excluding carboxylic acids is 2. The molecule has 2 aromatic rings. The largest absolute Gasteiger partial charge is 0.497 e. The Bertz CT molecular complexity index is 930. The number of aliphatic imine (C=N–C) groups is 1. The number of piperidine rings is 1. The molecule has 4 rings (SSSR count). The Balaban J connectivity index is 1.47. The first kappa shape index (κ1) is 18.2. The summed E-state index contributed by atoms with van der Waals surface area (Å²) in [6.07, 6.45) is 1.07. The number of benzene rings is 2. The molecule has 1 fully saturated rings. The van der Waals surface area contributed by atoms with E-state index >= 15 is 0 Å². The van der Waals surface area contributed by atoms with E-state index in [1.165, 1.54) is 24.3 Å². The third kappa shape index (κ3) is 3.35. The second-order valence-corrected chi connectivity index (χ2v) is 6.97. The normalized spacial score (nSPS) is 18.0. The summed E-state index contributed by atoms with van der Waals surface area (Å²) in [5.41, 5.74) is 0.919. The lowest BCUT2D eigenvalue weighted by atomic mass is 9.97. The predicted molar refractivity (Wildman–Crippen MR) is 102 cm³/mol. The maximum atomic E-state index is 13.1. The standard InChI is InChI=1S/C21H20FN3O3/c1-28-17-8-4-14(5-9-17)18-19(26)24-21(23-18)10-12-25(13-11-21)20(27)15-2-6-16(22)7-3-15/h2-9H,10-13H2,1H3,(H,24,26). The van der Waals surface area contributed by atoms with E-state index in [4.69, 9.17) is 9.73 Å². The smallest absolute Gasteiger partial charge is 0.272 e. The van der Waals surface area contributed by atoms with Gasteiger partial charge in [-0.1, -0.05) is 0 Å². The SMILES string of the molecule is COc1ccc(C2=NC3(CCN(C(=O)c4ccc(F)cc4)CC3)NC2=O)cc1. The summed E-state index contributed by atoms with van der Waals surface area (Å²) >= 11 is 0. The lowest BCUT2D eigenvalue weighted by Gasteiger charge is -2.37. The van der Waals surface area contributed by atoms with Crippen molar-refractivity contribution >= 4 is 17.5 Å². The number of carbonyl (C=O) groups is 2. The maximum Gasteiger partial charge on any atom is 0.272 e. The van der Waals surface area contributed by atoms with E-state index in [1.807, 2.05) is 12.1 Å². The molecule has 0 atom stereocenters. The van der Waals surface area contributed by atoms with E-state index in [0.29, 0.717) is 43.0 Å². The van der Waals surface area contributed by atoms with E-state index in [9.17, 15) is 14.0 Å². The van der Waals surface area contributed by atoms with Gasteiger partial charge in [-0.05, 0) is 48.5 Å². The van der Waals surface area contributed by atoms with Crippen LogP contribution < -0.4 is 10.1 Å². The molecule has 2 aromatic carbocycles. The van der Waals surface area contributed by atoms with Crippen LogP contribution in [0.4, 0.5) is 4.39 Å². The highest BCUT2D eigenvalue weighted by molar-refractivity contribution is 6.46. The summed E-state index contributed by atoms with van der Waals surface area (Å²) in [4.78, 5) is 31.5. The van der Waals surface area contributed by atoms with Gasteiger partial charge in [-0.2, -0.15) is 0 Å². The monoisotopic (exact) mass is 381 g/mol. The number of likely N-dealkylation sites (tertiary alicyclic amines) is 1. The second kappa shape index (κ2) is 7.07. The van der Waals surface area contributed by atoms with Gasteiger partial charge in [0.2, 0.25) is 0 Å². The number of hydrogen-bond donors (Lipinski definition) is 1. The third-order valence-corrected chi connectivity index (χ3v) is 5.22. The third-order valence-electron chi connectivity index (χ3n) is 5.22. The van der Waals surface area contributed by atoms with Crippen LogP contribution >= 0.6 is 0 Å². The van der Waals surface area contributed by atoms with Gasteiger partial charge in [-0.25, -0.2) is 4.39 Å². The van der Waals surface area contributed by atoms with Gasteiger partial charge in [0.1, 0.15) is 22.9 Å². The number of methoxy groups -OCH3 is 1. The van der Waals surface area contributed by atoms with Crippen molar-refractivity contribution < 1.29 is 18.7 Å². The Hall–Kier alpha value is -3.22. The number of nitrogens with zero attached hydrogens (tertiary/aromatic N) is 2. The van der Waals surface area contributed by atoms with Gasteiger partial charge < -0.3 is 15.0 Å². The van der Waals surface area contributed by atoms with E-state index in [1.54, 1.807) is 24.1 Å². The van der Waals surface area contributed by atoms with Crippen molar-refractivity contribution in [2.75, 3.05) is 20.2 Å². The summed E-state index contributed by atoms with van der Waals surface area (Å²) in [7, 11) is 1.59. The van der Waals surface area contributed by atoms with E-state index < -0.39 is 5.66 Å². The Morgan fingerprint density at radius 3 is 2.36 bits per heavy atom. The van der Waals surface area contributed by atoms with Crippen molar-refractivity contribution in [3.05, 3.63) is 65.5 Å². The average molecular weight is 381 g/mol. The molecule has 1 saturated heterocycles. The van der Waals surface area contributed by atoms with Crippen LogP contribution in [0, 0.1) is 5.82 Å². The zero-order valence-electron chi connectivity index (χ0n) is 15.4. The Morgan fingerprint density at radius 2 is 1.75 bits per heavy atom. The molecule has 0 saturated carbocycles. The fraction of sp³-hybridized carbons (Fsp3) is 0.286. The van der Waals surface area contributed by atoms with Gasteiger partial charge in [0.15, 0.2) is 0 Å². The number of halogens is 1. The lowest BCUT2D eigenvalue weighted by molar-refractivity contribution is -0.115. The molecule has 2 heterocycles. The molecule has 144 valence electrons. The maximum absolute atomic E-state index is 13.1. The quantitative estimate of drug-likeness (QED) is 0.888. The average Bonchev–Trinajstić information content (AvgIpc) is 3.04. The Labute approximate surface area is 162 Å². The summed E-state index contributed by atoms with van der Waals surface area (Å²) in [5, 5.41) is 2.99. The first-order valence-electron chi connectivity index (χ1n) is 9.11. The van der Waals surface area contributed by atoms with Crippen LogP contribution in [0.15, 0.2) is 53.5 Å². The van der Waals surface area contributed by atoms with Crippen LogP contribution in [0.1, 0.15) is 28.8 Å². The van der Waals surface area contributed by atoms with Gasteiger partial charge in [-0.15, -0.1) is 0 Å². The fourth-order valence-electron chi connectivity index (χ4n) is 3.60. The molecular formula is C21H20FN3O3. The molecule has 6 nitrogen and oxygen atoms in total. The summed E-state index contributed by atoms with van der Waals surface area (Å²) in [6.45, 7) is 0.936. The summed E-state index contributed by atoms with van der Waals surface area (Å²) < 4.78 is 18.2. The van der Waals surface area contributed by atoms with Crippen LogP contribution in [0.5, 0.6) is 5.75 Å². The number of ether oxygens (including phenoxy) is 1. The van der Waals surface area contributed by atoms with Crippen molar-refractivity contribution in [1.29, 1.82) is 0 Å². The summed E-state index contributed by atoms with van der Waals surface area (Å²) in [6, 6.07) is 12.7. The molecule has 2 amide bonds. The van der Waals surface area contributed by atoms with Gasteiger partial charge in [0, 0.05) is 37.1 Å². The second-order valence-electron chi connectivity index (χ2n) is 6.97. The highest BCUT2D eigenvalue weighted by Crippen LogP contribution is 2.29. The van der Waals surface area contributed by atoms with Gasteiger partial charge in [-0.3, -0.25) is 14.6 Å². The van der Waals surface area contributed by atoms with Crippen molar-refractivity contribution in [3.8, 4) is 5.75 Å². The Morgan fingerprint density at radius 1 is 1.11 bits per heavy atom. The van der Waals surface area contributed by atoms with E-state index in [-0.39, 0.29) is 17.6 Å². The molecule has 0 radical (unpaired) electrons. The molecule has 1 N–H and O–H groups in total. The zero-order valence-corrected chi connectivity index (χ0v) is 15.4. The number of nitrogens with one attached hydrogen (secondary N) is 1. The minimum Gasteiger partial charge on any atom is -0.497 e. The molecule has 1 spiro atoms. The molecule has 2 aliphatic heterocycles. The van der Waals surface area contributed by atoms with Gasteiger partial charge in [0.05, 0.1) is 7.11 Å². The minimum atomic E-state index is -0.675. The molecule has 7 heteroatoms. The molecule has 0 unspecified atom stereocenters. The van der Waals surface area contributed by atoms with Crippen LogP contribution in [0.2, 0.25) is 0 Å². The number of amides is 2. The van der Waals surface area contributed by atoms with Crippen molar-refractivity contribution in [3.63, 3.8) is 0 Å². The zero-order chi connectivity index (χ0) is 19.7. The number of rotatable bonds is 3. The molecule has 2 aliphatic rings. The fourth-order valence-corrected chi connectivity index (χ4v) is 3.60. The van der Waals surface area contributed by atoms with E-state index in [0.717, 1.165) is 5.56 Å². The van der Waals surface area contributed by atoms with Crippen LogP contribution in [0.25, 0.3) is 0 Å². The first-order chi connectivity index (χ1) is 13.5. The van der Waals surface area contributed by atoms with Gasteiger partial charge >= 0.3 is 0 Å². The first-order valence-corrected chi connectivity index (χ1v) is 9.11. The molecule has 0 aromatic heterocycles. The predicted octanol–water partition coefficient (Wildman–Crippen LogP) is 2.39. The number of hydrogen-bond acceptors (Lipinski definition) is 4. The van der Waals surface area contributed by atoms with Crippen molar-refractivity contribution in [2.24, 2.45) is 4.99 Å². The molecular weight excluding hydrogens is 361 g/mol. The van der Waals surface area contributed by atoms with Crippen molar-refractivity contribution in [1.82, 2.24) is 10.2 Å². The van der Waals surface area contributed by atoms with Crippen molar-refractivity contribution in [2.45, 2.75) is 18.5 Å². The topological polar surface area (TPSA) is 71.0 Å².